The summed E-state index contributed by atoms with van der Waals surface area (Å²) in [5, 5.41) is 0. The standard InChI is InChI=1S/C14H18FNO3/c1-13(2,3)19-12(18)16-8-7-14(10(15)9-16)6-4-5-11(14)17/h7-9H,4-6H2,1-3H3. The molecule has 104 valence electrons. The number of ether oxygens (including phenoxy) is 1. The van der Waals surface area contributed by atoms with Gasteiger partial charge >= 0.3 is 6.09 Å². The zero-order valence-electron chi connectivity index (χ0n) is 11.4. The van der Waals surface area contributed by atoms with Crippen LogP contribution in [0, 0.1) is 5.41 Å². The maximum Gasteiger partial charge on any atom is 0.418 e. The Kier molecular flexibility index (Phi) is 3.24. The minimum absolute atomic E-state index is 0.124. The van der Waals surface area contributed by atoms with Crippen molar-refractivity contribution >= 4 is 11.9 Å². The van der Waals surface area contributed by atoms with Crippen molar-refractivity contribution in [2.45, 2.75) is 45.6 Å². The van der Waals surface area contributed by atoms with E-state index in [9.17, 15) is 14.0 Å². The Labute approximate surface area is 111 Å². The molecular formula is C14H18FNO3. The van der Waals surface area contributed by atoms with Gasteiger partial charge in [-0.15, -0.1) is 0 Å². The van der Waals surface area contributed by atoms with Crippen molar-refractivity contribution < 1.29 is 18.7 Å². The van der Waals surface area contributed by atoms with Crippen LogP contribution in [-0.4, -0.2) is 22.4 Å². The first-order valence-electron chi connectivity index (χ1n) is 6.36. The lowest BCUT2D eigenvalue weighted by Crippen LogP contribution is -2.35. The molecule has 0 aromatic rings. The number of carbonyl (C=O) groups excluding carboxylic acids is 2. The van der Waals surface area contributed by atoms with E-state index in [0.717, 1.165) is 11.1 Å². The van der Waals surface area contributed by atoms with Crippen LogP contribution in [0.15, 0.2) is 24.3 Å². The number of ketones is 1. The van der Waals surface area contributed by atoms with Crippen LogP contribution in [-0.2, 0) is 9.53 Å². The fourth-order valence-electron chi connectivity index (χ4n) is 2.31. The summed E-state index contributed by atoms with van der Waals surface area (Å²) >= 11 is 0. The van der Waals surface area contributed by atoms with Crippen molar-refractivity contribution in [3.8, 4) is 0 Å². The van der Waals surface area contributed by atoms with Crippen LogP contribution in [0.2, 0.25) is 0 Å². The lowest BCUT2D eigenvalue weighted by molar-refractivity contribution is -0.123. The van der Waals surface area contributed by atoms with Gasteiger partial charge in [0.25, 0.3) is 0 Å². The van der Waals surface area contributed by atoms with Gasteiger partial charge in [0.15, 0.2) is 0 Å². The van der Waals surface area contributed by atoms with Crippen LogP contribution in [0.1, 0.15) is 40.0 Å². The molecule has 0 aromatic carbocycles. The lowest BCUT2D eigenvalue weighted by atomic mass is 9.83. The molecular weight excluding hydrogens is 249 g/mol. The fraction of sp³-hybridized carbons (Fsp3) is 0.571. The molecule has 1 aliphatic carbocycles. The highest BCUT2D eigenvalue weighted by Gasteiger charge is 2.46. The third-order valence-corrected chi connectivity index (χ3v) is 3.28. The molecule has 1 amide bonds. The lowest BCUT2D eigenvalue weighted by Gasteiger charge is -2.29. The van der Waals surface area contributed by atoms with Gasteiger partial charge in [-0.1, -0.05) is 0 Å². The number of Topliss-reactive ketones (excluding diaryl/α,β-unsaturated/α-hetero) is 1. The Morgan fingerprint density at radius 3 is 2.63 bits per heavy atom. The van der Waals surface area contributed by atoms with Crippen LogP contribution in [0.3, 0.4) is 0 Å². The van der Waals surface area contributed by atoms with E-state index in [1.165, 1.54) is 12.3 Å². The third kappa shape index (κ3) is 2.55. The summed E-state index contributed by atoms with van der Waals surface area (Å²) < 4.78 is 19.3. The summed E-state index contributed by atoms with van der Waals surface area (Å²) in [5.74, 6) is -0.704. The van der Waals surface area contributed by atoms with Crippen molar-refractivity contribution in [3.05, 3.63) is 24.3 Å². The van der Waals surface area contributed by atoms with Crippen molar-refractivity contribution in [1.29, 1.82) is 0 Å². The summed E-state index contributed by atoms with van der Waals surface area (Å²) in [7, 11) is 0. The van der Waals surface area contributed by atoms with Gasteiger partial charge < -0.3 is 4.74 Å². The van der Waals surface area contributed by atoms with Gasteiger partial charge in [-0.05, 0) is 39.7 Å². The fourth-order valence-corrected chi connectivity index (χ4v) is 2.31. The van der Waals surface area contributed by atoms with Crippen molar-refractivity contribution in [2.75, 3.05) is 0 Å². The highest BCUT2D eigenvalue weighted by Crippen LogP contribution is 2.45. The first kappa shape index (κ1) is 13.8. The van der Waals surface area contributed by atoms with E-state index in [2.05, 4.69) is 0 Å². The van der Waals surface area contributed by atoms with Crippen molar-refractivity contribution in [3.63, 3.8) is 0 Å². The Bertz CT molecular complexity index is 476. The summed E-state index contributed by atoms with van der Waals surface area (Å²) in [6, 6.07) is 0. The number of amides is 1. The van der Waals surface area contributed by atoms with Crippen LogP contribution in [0.25, 0.3) is 0 Å². The zero-order chi connectivity index (χ0) is 14.3. The Morgan fingerprint density at radius 2 is 2.16 bits per heavy atom. The molecule has 5 heteroatoms. The first-order valence-corrected chi connectivity index (χ1v) is 6.36. The summed E-state index contributed by atoms with van der Waals surface area (Å²) in [6.07, 6.45) is 4.82. The molecule has 1 aliphatic heterocycles. The van der Waals surface area contributed by atoms with Gasteiger partial charge in [-0.3, -0.25) is 9.69 Å². The summed E-state index contributed by atoms with van der Waals surface area (Å²) in [5.41, 5.74) is -1.79. The number of hydrogen-bond donors (Lipinski definition) is 0. The van der Waals surface area contributed by atoms with Crippen LogP contribution in [0.5, 0.6) is 0 Å². The summed E-state index contributed by atoms with van der Waals surface area (Å²) in [6.45, 7) is 5.21. The molecule has 1 heterocycles. The molecule has 1 saturated carbocycles. The van der Waals surface area contributed by atoms with Crippen LogP contribution < -0.4 is 0 Å². The van der Waals surface area contributed by atoms with Gasteiger partial charge in [-0.25, -0.2) is 9.18 Å². The van der Waals surface area contributed by atoms with Gasteiger partial charge in [0.05, 0.1) is 0 Å². The molecule has 19 heavy (non-hydrogen) atoms. The maximum absolute atomic E-state index is 14.2. The second-order valence-electron chi connectivity index (χ2n) is 5.93. The Morgan fingerprint density at radius 1 is 1.47 bits per heavy atom. The molecule has 1 unspecified atom stereocenters. The number of allylic oxidation sites excluding steroid dienone is 2. The van der Waals surface area contributed by atoms with Gasteiger partial charge in [0.2, 0.25) is 0 Å². The minimum Gasteiger partial charge on any atom is -0.443 e. The van der Waals surface area contributed by atoms with E-state index < -0.39 is 22.9 Å². The normalized spacial score (nSPS) is 26.8. The number of carbonyl (C=O) groups is 2. The van der Waals surface area contributed by atoms with Gasteiger partial charge in [0.1, 0.15) is 22.6 Å². The quantitative estimate of drug-likeness (QED) is 0.676. The molecule has 2 aliphatic rings. The average molecular weight is 267 g/mol. The Hall–Kier alpha value is -1.65. The number of nitrogens with zero attached hydrogens (tertiary/aromatic N) is 1. The molecule has 4 nitrogen and oxygen atoms in total. The third-order valence-electron chi connectivity index (χ3n) is 3.28. The monoisotopic (exact) mass is 267 g/mol. The first-order chi connectivity index (χ1) is 8.74. The molecule has 0 saturated heterocycles. The minimum atomic E-state index is -1.14. The molecule has 0 aromatic heterocycles. The van der Waals surface area contributed by atoms with Crippen molar-refractivity contribution in [1.82, 2.24) is 4.90 Å². The second-order valence-corrected chi connectivity index (χ2v) is 5.93. The summed E-state index contributed by atoms with van der Waals surface area (Å²) in [4.78, 5) is 24.6. The van der Waals surface area contributed by atoms with Crippen LogP contribution >= 0.6 is 0 Å². The molecule has 1 atom stereocenters. The van der Waals surface area contributed by atoms with E-state index in [-0.39, 0.29) is 5.78 Å². The molecule has 2 rings (SSSR count). The van der Waals surface area contributed by atoms with E-state index in [0.29, 0.717) is 19.3 Å². The SMILES string of the molecule is CC(C)(C)OC(=O)N1C=CC2(CCCC2=O)C(F)=C1. The highest BCUT2D eigenvalue weighted by molar-refractivity contribution is 5.92. The second kappa shape index (κ2) is 4.47. The van der Waals surface area contributed by atoms with Crippen LogP contribution in [0.4, 0.5) is 9.18 Å². The smallest absolute Gasteiger partial charge is 0.418 e. The number of rotatable bonds is 0. The molecule has 0 radical (unpaired) electrons. The predicted molar refractivity (Wildman–Crippen MR) is 67.7 cm³/mol. The highest BCUT2D eigenvalue weighted by atomic mass is 19.1. The van der Waals surface area contributed by atoms with Gasteiger partial charge in [-0.2, -0.15) is 0 Å². The molecule has 1 fully saturated rings. The Balaban J connectivity index is 2.16. The zero-order valence-corrected chi connectivity index (χ0v) is 11.4. The van der Waals surface area contributed by atoms with E-state index in [1.54, 1.807) is 20.8 Å². The molecule has 0 bridgehead atoms. The number of halogens is 1. The number of hydrogen-bond acceptors (Lipinski definition) is 3. The predicted octanol–water partition coefficient (Wildman–Crippen LogP) is 3.30. The van der Waals surface area contributed by atoms with Gasteiger partial charge in [0, 0.05) is 18.8 Å². The molecule has 0 N–H and O–H groups in total. The maximum atomic E-state index is 14.2. The average Bonchev–Trinajstić information content (AvgIpc) is 2.63. The van der Waals surface area contributed by atoms with E-state index in [1.807, 2.05) is 0 Å². The van der Waals surface area contributed by atoms with Crippen molar-refractivity contribution in [2.24, 2.45) is 5.41 Å². The van der Waals surface area contributed by atoms with E-state index in [4.69, 9.17) is 4.74 Å². The topological polar surface area (TPSA) is 46.6 Å². The largest absolute Gasteiger partial charge is 0.443 e. The van der Waals surface area contributed by atoms with E-state index >= 15 is 0 Å². The molecule has 1 spiro atoms.